The Balaban J connectivity index is 2.85. The highest BCUT2D eigenvalue weighted by atomic mass is 31.1. The summed E-state index contributed by atoms with van der Waals surface area (Å²) in [5.74, 6) is 0. The van der Waals surface area contributed by atoms with Crippen molar-refractivity contribution >= 4 is 8.58 Å². The van der Waals surface area contributed by atoms with Gasteiger partial charge in [0.15, 0.2) is 0 Å². The lowest BCUT2D eigenvalue weighted by molar-refractivity contribution is 0.194. The van der Waals surface area contributed by atoms with E-state index in [0.717, 1.165) is 8.58 Å². The molecule has 0 bridgehead atoms. The fraction of sp³-hybridized carbons (Fsp3) is 1.00. The molecule has 1 fully saturated rings. The molecular formula is C11H23P. The summed E-state index contributed by atoms with van der Waals surface area (Å²) >= 11 is 0. The summed E-state index contributed by atoms with van der Waals surface area (Å²) in [4.78, 5) is 0. The fourth-order valence-corrected chi connectivity index (χ4v) is 4.53. The van der Waals surface area contributed by atoms with Gasteiger partial charge in [-0.25, -0.2) is 0 Å². The fourth-order valence-electron chi connectivity index (χ4n) is 3.03. The van der Waals surface area contributed by atoms with Gasteiger partial charge in [0, 0.05) is 0 Å². The molecule has 1 heteroatoms. The molecule has 0 aromatic carbocycles. The van der Waals surface area contributed by atoms with E-state index in [1.807, 2.05) is 0 Å². The van der Waals surface area contributed by atoms with E-state index >= 15 is 0 Å². The van der Waals surface area contributed by atoms with Gasteiger partial charge in [-0.05, 0) is 35.5 Å². The van der Waals surface area contributed by atoms with E-state index in [2.05, 4.69) is 41.3 Å². The zero-order chi connectivity index (χ0) is 9.62. The van der Waals surface area contributed by atoms with Gasteiger partial charge in [-0.15, -0.1) is 8.58 Å². The lowest BCUT2D eigenvalue weighted by atomic mass is 9.74. The van der Waals surface area contributed by atoms with E-state index in [0.29, 0.717) is 16.0 Å². The maximum Gasteiger partial charge on any atom is -0.00852 e. The minimum Gasteiger partial charge on any atom is -0.119 e. The minimum atomic E-state index is 0.500. The molecule has 0 nitrogen and oxygen atoms in total. The van der Waals surface area contributed by atoms with Gasteiger partial charge >= 0.3 is 0 Å². The lowest BCUT2D eigenvalue weighted by Crippen LogP contribution is -2.27. The third-order valence-electron chi connectivity index (χ3n) is 4.18. The molecule has 1 rings (SSSR count). The molecule has 12 heavy (non-hydrogen) atoms. The maximum atomic E-state index is 2.47. The molecular weight excluding hydrogens is 163 g/mol. The summed E-state index contributed by atoms with van der Waals surface area (Å²) in [6.07, 6.45) is 2.81. The van der Waals surface area contributed by atoms with Gasteiger partial charge in [-0.2, -0.15) is 0 Å². The first-order valence-electron chi connectivity index (χ1n) is 5.02. The molecule has 0 aromatic heterocycles. The van der Waals surface area contributed by atoms with E-state index in [4.69, 9.17) is 0 Å². The predicted molar refractivity (Wildman–Crippen MR) is 59.4 cm³/mol. The van der Waals surface area contributed by atoms with Crippen molar-refractivity contribution in [2.75, 3.05) is 6.66 Å². The van der Waals surface area contributed by atoms with Gasteiger partial charge in [0.05, 0.1) is 0 Å². The second kappa shape index (κ2) is 2.71. The second-order valence-corrected chi connectivity index (χ2v) is 7.05. The standard InChI is InChI=1S/C11H23P/c1-7-11(9(2,3)4)8-10(11,5)12-6/h12H,7-8H2,1-6H3/t10-,11?/m0/s1. The average Bonchev–Trinajstić information content (AvgIpc) is 2.58. The Morgan fingerprint density at radius 3 is 1.92 bits per heavy atom. The van der Waals surface area contributed by atoms with Crippen molar-refractivity contribution in [1.82, 2.24) is 0 Å². The van der Waals surface area contributed by atoms with Crippen LogP contribution in [-0.2, 0) is 0 Å². The highest BCUT2D eigenvalue weighted by molar-refractivity contribution is 7.39. The molecule has 0 N–H and O–H groups in total. The third kappa shape index (κ3) is 1.15. The van der Waals surface area contributed by atoms with Crippen LogP contribution in [0.1, 0.15) is 47.5 Å². The zero-order valence-corrected chi connectivity index (χ0v) is 10.4. The van der Waals surface area contributed by atoms with Crippen LogP contribution in [-0.4, -0.2) is 11.8 Å². The molecule has 3 atom stereocenters. The van der Waals surface area contributed by atoms with Crippen LogP contribution in [0.3, 0.4) is 0 Å². The van der Waals surface area contributed by atoms with Gasteiger partial charge < -0.3 is 0 Å². The smallest absolute Gasteiger partial charge is 0.00852 e. The van der Waals surface area contributed by atoms with Crippen LogP contribution >= 0.6 is 8.58 Å². The average molecular weight is 186 g/mol. The van der Waals surface area contributed by atoms with Gasteiger partial charge in [0.2, 0.25) is 0 Å². The normalized spacial score (nSPS) is 42.5. The largest absolute Gasteiger partial charge is 0.119 e. The van der Waals surface area contributed by atoms with Gasteiger partial charge in [0.25, 0.3) is 0 Å². The molecule has 72 valence electrons. The van der Waals surface area contributed by atoms with Crippen molar-refractivity contribution in [3.05, 3.63) is 0 Å². The van der Waals surface area contributed by atoms with Crippen molar-refractivity contribution in [3.8, 4) is 0 Å². The van der Waals surface area contributed by atoms with Crippen LogP contribution in [0.15, 0.2) is 0 Å². The van der Waals surface area contributed by atoms with E-state index in [9.17, 15) is 0 Å². The first kappa shape index (κ1) is 10.5. The maximum absolute atomic E-state index is 2.47. The van der Waals surface area contributed by atoms with Crippen molar-refractivity contribution in [1.29, 1.82) is 0 Å². The SMILES string of the molecule is CCC1(C(C)(C)C)C[C@]1(C)PC. The minimum absolute atomic E-state index is 0.500. The molecule has 1 aliphatic rings. The Morgan fingerprint density at radius 1 is 1.33 bits per heavy atom. The van der Waals surface area contributed by atoms with Crippen LogP contribution in [0.4, 0.5) is 0 Å². The lowest BCUT2D eigenvalue weighted by Gasteiger charge is -2.34. The van der Waals surface area contributed by atoms with Crippen molar-refractivity contribution in [2.24, 2.45) is 10.8 Å². The van der Waals surface area contributed by atoms with Crippen LogP contribution in [0.5, 0.6) is 0 Å². The van der Waals surface area contributed by atoms with Crippen LogP contribution in [0.25, 0.3) is 0 Å². The summed E-state index contributed by atoms with van der Waals surface area (Å²) in [7, 11) is 1.11. The number of hydrogen-bond donors (Lipinski definition) is 0. The molecule has 0 spiro atoms. The predicted octanol–water partition coefficient (Wildman–Crippen LogP) is 3.90. The van der Waals surface area contributed by atoms with Crippen LogP contribution in [0, 0.1) is 10.8 Å². The Morgan fingerprint density at radius 2 is 1.83 bits per heavy atom. The molecule has 0 amide bonds. The van der Waals surface area contributed by atoms with Crippen molar-refractivity contribution in [3.63, 3.8) is 0 Å². The first-order chi connectivity index (χ1) is 5.33. The second-order valence-electron chi connectivity index (χ2n) is 5.44. The van der Waals surface area contributed by atoms with Gasteiger partial charge in [-0.3, -0.25) is 0 Å². The van der Waals surface area contributed by atoms with E-state index in [1.165, 1.54) is 12.8 Å². The Bertz CT molecular complexity index is 180. The summed E-state index contributed by atoms with van der Waals surface area (Å²) in [6, 6.07) is 0. The molecule has 0 saturated heterocycles. The van der Waals surface area contributed by atoms with Crippen molar-refractivity contribution < 1.29 is 0 Å². The van der Waals surface area contributed by atoms with Gasteiger partial charge in [0.1, 0.15) is 0 Å². The highest BCUT2D eigenvalue weighted by Gasteiger charge is 2.66. The molecule has 0 aliphatic heterocycles. The molecule has 2 unspecified atom stereocenters. The molecule has 1 saturated carbocycles. The highest BCUT2D eigenvalue weighted by Crippen LogP contribution is 2.74. The Kier molecular flexibility index (Phi) is 2.37. The summed E-state index contributed by atoms with van der Waals surface area (Å²) < 4.78 is 0. The van der Waals surface area contributed by atoms with Crippen LogP contribution in [0.2, 0.25) is 0 Å². The Labute approximate surface area is 79.3 Å². The van der Waals surface area contributed by atoms with Crippen molar-refractivity contribution in [2.45, 2.75) is 52.6 Å². The monoisotopic (exact) mass is 186 g/mol. The zero-order valence-electron chi connectivity index (χ0n) is 9.41. The number of hydrogen-bond acceptors (Lipinski definition) is 0. The number of rotatable bonds is 2. The molecule has 0 aromatic rings. The van der Waals surface area contributed by atoms with E-state index < -0.39 is 0 Å². The molecule has 0 heterocycles. The summed E-state index contributed by atoms with van der Waals surface area (Å²) in [6.45, 7) is 14.4. The summed E-state index contributed by atoms with van der Waals surface area (Å²) in [5.41, 5.74) is 1.15. The molecule has 1 aliphatic carbocycles. The van der Waals surface area contributed by atoms with E-state index in [-0.39, 0.29) is 0 Å². The third-order valence-corrected chi connectivity index (χ3v) is 5.94. The topological polar surface area (TPSA) is 0 Å². The van der Waals surface area contributed by atoms with E-state index in [1.54, 1.807) is 0 Å². The Hall–Kier alpha value is 0.430. The molecule has 0 radical (unpaired) electrons. The first-order valence-corrected chi connectivity index (χ1v) is 6.52. The summed E-state index contributed by atoms with van der Waals surface area (Å²) in [5, 5.41) is 0.667. The van der Waals surface area contributed by atoms with Gasteiger partial charge in [-0.1, -0.05) is 34.6 Å². The van der Waals surface area contributed by atoms with Crippen LogP contribution < -0.4 is 0 Å². The quantitative estimate of drug-likeness (QED) is 0.574.